The lowest BCUT2D eigenvalue weighted by atomic mass is 10.1. The van der Waals surface area contributed by atoms with E-state index in [1.165, 1.54) is 6.26 Å². The first-order chi connectivity index (χ1) is 8.96. The topological polar surface area (TPSA) is 63.7 Å². The molecule has 6 heteroatoms. The molecule has 0 unspecified atom stereocenters. The molecule has 0 aliphatic carbocycles. The quantitative estimate of drug-likeness (QED) is 0.819. The van der Waals surface area contributed by atoms with Crippen LogP contribution in [0.3, 0.4) is 0 Å². The highest BCUT2D eigenvalue weighted by atomic mass is 32.2. The highest BCUT2D eigenvalue weighted by Gasteiger charge is 2.18. The van der Waals surface area contributed by atoms with Crippen LogP contribution in [-0.4, -0.2) is 51.8 Å². The second-order valence-electron chi connectivity index (χ2n) is 4.67. The van der Waals surface area contributed by atoms with E-state index in [4.69, 9.17) is 4.74 Å². The summed E-state index contributed by atoms with van der Waals surface area (Å²) in [6.07, 6.45) is 1.19. The molecule has 1 heterocycles. The van der Waals surface area contributed by atoms with Gasteiger partial charge in [-0.15, -0.1) is 0 Å². The zero-order chi connectivity index (χ0) is 13.9. The zero-order valence-electron chi connectivity index (χ0n) is 10.8. The van der Waals surface area contributed by atoms with E-state index >= 15 is 0 Å². The van der Waals surface area contributed by atoms with Gasteiger partial charge in [0, 0.05) is 24.9 Å². The van der Waals surface area contributed by atoms with Gasteiger partial charge < -0.3 is 9.64 Å². The first-order valence-electron chi connectivity index (χ1n) is 6.09. The molecule has 1 aliphatic rings. The lowest BCUT2D eigenvalue weighted by Gasteiger charge is -2.26. The number of carbonyl (C=O) groups is 1. The first-order valence-corrected chi connectivity index (χ1v) is 8.15. The number of hydrogen-bond acceptors (Lipinski definition) is 4. The summed E-state index contributed by atoms with van der Waals surface area (Å²) in [5, 5.41) is 0. The van der Waals surface area contributed by atoms with Gasteiger partial charge in [-0.05, 0) is 17.7 Å². The smallest absolute Gasteiger partial charge is 0.254 e. The minimum atomic E-state index is -3.04. The summed E-state index contributed by atoms with van der Waals surface area (Å²) < 4.78 is 27.6. The number of benzene rings is 1. The Hall–Kier alpha value is -1.40. The molecule has 0 N–H and O–H groups in total. The van der Waals surface area contributed by atoms with Gasteiger partial charge in [-0.1, -0.05) is 12.1 Å². The summed E-state index contributed by atoms with van der Waals surface area (Å²) in [6, 6.07) is 6.74. The number of sulfone groups is 1. The largest absolute Gasteiger partial charge is 0.378 e. The number of carbonyl (C=O) groups excluding carboxylic acids is 1. The molecule has 1 fully saturated rings. The van der Waals surface area contributed by atoms with E-state index < -0.39 is 9.84 Å². The summed E-state index contributed by atoms with van der Waals surface area (Å²) in [6.45, 7) is 2.34. The summed E-state index contributed by atoms with van der Waals surface area (Å²) >= 11 is 0. The molecule has 5 nitrogen and oxygen atoms in total. The fourth-order valence-electron chi connectivity index (χ4n) is 2.00. The summed E-state index contributed by atoms with van der Waals surface area (Å²) in [7, 11) is -3.04. The molecule has 1 aromatic rings. The maximum Gasteiger partial charge on any atom is 0.254 e. The third-order valence-corrected chi connectivity index (χ3v) is 3.79. The molecule has 19 heavy (non-hydrogen) atoms. The van der Waals surface area contributed by atoms with Crippen LogP contribution < -0.4 is 0 Å². The zero-order valence-corrected chi connectivity index (χ0v) is 11.6. The van der Waals surface area contributed by atoms with Crippen LogP contribution in [0.25, 0.3) is 0 Å². The molecule has 1 aliphatic heterocycles. The second-order valence-corrected chi connectivity index (χ2v) is 6.81. The molecule has 0 radical (unpaired) electrons. The first kappa shape index (κ1) is 14.0. The average Bonchev–Trinajstić information content (AvgIpc) is 2.38. The maximum absolute atomic E-state index is 12.1. The molecule has 1 aromatic carbocycles. The minimum absolute atomic E-state index is 0.000967. The van der Waals surface area contributed by atoms with Gasteiger partial charge in [-0.25, -0.2) is 8.42 Å². The van der Waals surface area contributed by atoms with Crippen molar-refractivity contribution < 1.29 is 17.9 Å². The van der Waals surface area contributed by atoms with Gasteiger partial charge in [0.05, 0.1) is 19.0 Å². The van der Waals surface area contributed by atoms with Crippen molar-refractivity contribution in [3.05, 3.63) is 35.4 Å². The molecule has 0 aromatic heterocycles. The van der Waals surface area contributed by atoms with Crippen molar-refractivity contribution in [1.29, 1.82) is 0 Å². The van der Waals surface area contributed by atoms with E-state index in [-0.39, 0.29) is 11.7 Å². The third-order valence-electron chi connectivity index (χ3n) is 2.93. The predicted molar refractivity (Wildman–Crippen MR) is 71.7 cm³/mol. The number of ether oxygens (including phenoxy) is 1. The van der Waals surface area contributed by atoms with Crippen LogP contribution >= 0.6 is 0 Å². The highest BCUT2D eigenvalue weighted by Crippen LogP contribution is 2.11. The molecule has 0 saturated carbocycles. The van der Waals surface area contributed by atoms with Gasteiger partial charge in [-0.3, -0.25) is 4.79 Å². The van der Waals surface area contributed by atoms with E-state index in [2.05, 4.69) is 0 Å². The molecule has 104 valence electrons. The van der Waals surface area contributed by atoms with Crippen molar-refractivity contribution in [1.82, 2.24) is 4.90 Å². The van der Waals surface area contributed by atoms with E-state index in [9.17, 15) is 13.2 Å². The van der Waals surface area contributed by atoms with Crippen molar-refractivity contribution in [2.75, 3.05) is 32.6 Å². The molecule has 0 atom stereocenters. The van der Waals surface area contributed by atoms with Crippen molar-refractivity contribution in [3.8, 4) is 0 Å². The van der Waals surface area contributed by atoms with Gasteiger partial charge in [0.15, 0.2) is 9.84 Å². The molecule has 1 amide bonds. The van der Waals surface area contributed by atoms with E-state index in [0.717, 1.165) is 0 Å². The number of nitrogens with zero attached hydrogens (tertiary/aromatic N) is 1. The molecule has 2 rings (SSSR count). The molecular formula is C13H17NO4S. The Morgan fingerprint density at radius 2 is 1.79 bits per heavy atom. The van der Waals surface area contributed by atoms with Crippen LogP contribution in [0, 0.1) is 0 Å². The summed E-state index contributed by atoms with van der Waals surface area (Å²) in [5.74, 6) is -0.0341. The fraction of sp³-hybridized carbons (Fsp3) is 0.462. The molecular weight excluding hydrogens is 266 g/mol. The normalized spacial score (nSPS) is 16.4. The molecule has 0 bridgehead atoms. The van der Waals surface area contributed by atoms with Crippen molar-refractivity contribution >= 4 is 15.7 Å². The number of morpholine rings is 1. The van der Waals surface area contributed by atoms with Crippen LogP contribution in [0.5, 0.6) is 0 Å². The van der Waals surface area contributed by atoms with Crippen molar-refractivity contribution in [2.45, 2.75) is 5.75 Å². The van der Waals surface area contributed by atoms with Crippen molar-refractivity contribution in [3.63, 3.8) is 0 Å². The standard InChI is InChI=1S/C13H17NO4S/c1-19(16,17)10-11-2-4-12(5-3-11)13(15)14-6-8-18-9-7-14/h2-5H,6-10H2,1H3. The molecule has 1 saturated heterocycles. The van der Waals surface area contributed by atoms with E-state index in [1.54, 1.807) is 29.2 Å². The van der Waals surface area contributed by atoms with Gasteiger partial charge >= 0.3 is 0 Å². The Bertz CT molecular complexity index is 545. The fourth-order valence-corrected chi connectivity index (χ4v) is 2.79. The van der Waals surface area contributed by atoms with Crippen LogP contribution in [0.4, 0.5) is 0 Å². The summed E-state index contributed by atoms with van der Waals surface area (Å²) in [5.41, 5.74) is 1.28. The SMILES string of the molecule is CS(=O)(=O)Cc1ccc(C(=O)N2CCOCC2)cc1. The predicted octanol–water partition coefficient (Wildman–Crippen LogP) is 0.704. The summed E-state index contributed by atoms with van der Waals surface area (Å²) in [4.78, 5) is 13.9. The third kappa shape index (κ3) is 4.04. The van der Waals surface area contributed by atoms with Gasteiger partial charge in [-0.2, -0.15) is 0 Å². The van der Waals surface area contributed by atoms with Crippen LogP contribution in [0.15, 0.2) is 24.3 Å². The van der Waals surface area contributed by atoms with E-state index in [0.29, 0.717) is 37.4 Å². The van der Waals surface area contributed by atoms with Crippen LogP contribution in [0.2, 0.25) is 0 Å². The number of amides is 1. The van der Waals surface area contributed by atoms with Gasteiger partial charge in [0.25, 0.3) is 5.91 Å². The Morgan fingerprint density at radius 3 is 2.32 bits per heavy atom. The number of hydrogen-bond donors (Lipinski definition) is 0. The Kier molecular flexibility index (Phi) is 4.21. The Labute approximate surface area is 113 Å². The number of rotatable bonds is 3. The van der Waals surface area contributed by atoms with Gasteiger partial charge in [0.2, 0.25) is 0 Å². The lowest BCUT2D eigenvalue weighted by molar-refractivity contribution is 0.0303. The molecule has 0 spiro atoms. The average molecular weight is 283 g/mol. The van der Waals surface area contributed by atoms with Crippen LogP contribution in [0.1, 0.15) is 15.9 Å². The van der Waals surface area contributed by atoms with Gasteiger partial charge in [0.1, 0.15) is 0 Å². The second kappa shape index (κ2) is 5.71. The monoisotopic (exact) mass is 283 g/mol. The highest BCUT2D eigenvalue weighted by molar-refractivity contribution is 7.89. The Morgan fingerprint density at radius 1 is 1.21 bits per heavy atom. The van der Waals surface area contributed by atoms with Crippen molar-refractivity contribution in [2.24, 2.45) is 0 Å². The lowest BCUT2D eigenvalue weighted by Crippen LogP contribution is -2.40. The van der Waals surface area contributed by atoms with Crippen LogP contribution in [-0.2, 0) is 20.3 Å². The minimum Gasteiger partial charge on any atom is -0.378 e. The van der Waals surface area contributed by atoms with E-state index in [1.807, 2.05) is 0 Å². The maximum atomic E-state index is 12.1. The Balaban J connectivity index is 2.07.